The molecule has 0 radical (unpaired) electrons. The Morgan fingerprint density at radius 1 is 1.20 bits per heavy atom. The van der Waals surface area contributed by atoms with Crippen LogP contribution in [0.25, 0.3) is 0 Å². The van der Waals surface area contributed by atoms with Gasteiger partial charge >= 0.3 is 6.18 Å². The molecule has 15 heavy (non-hydrogen) atoms. The van der Waals surface area contributed by atoms with E-state index in [0.717, 1.165) is 11.1 Å². The summed E-state index contributed by atoms with van der Waals surface area (Å²) < 4.78 is 36.2. The molecular formula is C11H13F3O. The molecule has 0 heterocycles. The molecule has 0 aromatic heterocycles. The minimum Gasteiger partial charge on any atom is -0.383 e. The standard InChI is InChI=1S/C11H13F3O/c1-7-3-4-9(5-8(7)2)6-10(15)11(12,13)14/h3-5,10,15H,6H2,1-2H3/t10-/m0/s1. The second-order valence-corrected chi connectivity index (χ2v) is 3.68. The van der Waals surface area contributed by atoms with Crippen molar-refractivity contribution >= 4 is 0 Å². The number of alkyl halides is 3. The Morgan fingerprint density at radius 3 is 2.27 bits per heavy atom. The van der Waals surface area contributed by atoms with E-state index in [1.54, 1.807) is 18.2 Å². The molecule has 0 bridgehead atoms. The number of aliphatic hydroxyl groups excluding tert-OH is 1. The van der Waals surface area contributed by atoms with Crippen molar-refractivity contribution in [3.63, 3.8) is 0 Å². The van der Waals surface area contributed by atoms with Crippen LogP contribution in [-0.2, 0) is 6.42 Å². The van der Waals surface area contributed by atoms with Crippen molar-refractivity contribution in [1.82, 2.24) is 0 Å². The first-order valence-corrected chi connectivity index (χ1v) is 4.61. The second-order valence-electron chi connectivity index (χ2n) is 3.68. The highest BCUT2D eigenvalue weighted by Gasteiger charge is 2.37. The van der Waals surface area contributed by atoms with E-state index in [9.17, 15) is 13.2 Å². The van der Waals surface area contributed by atoms with Gasteiger partial charge in [0.1, 0.15) is 0 Å². The number of hydrogen-bond donors (Lipinski definition) is 1. The van der Waals surface area contributed by atoms with Crippen molar-refractivity contribution in [3.05, 3.63) is 34.9 Å². The lowest BCUT2D eigenvalue weighted by molar-refractivity contribution is -0.203. The Kier molecular flexibility index (Phi) is 3.39. The SMILES string of the molecule is Cc1ccc(C[C@H](O)C(F)(F)F)cc1C. The van der Waals surface area contributed by atoms with Crippen LogP contribution >= 0.6 is 0 Å². The summed E-state index contributed by atoms with van der Waals surface area (Å²) >= 11 is 0. The van der Waals surface area contributed by atoms with Gasteiger partial charge in [-0.15, -0.1) is 0 Å². The van der Waals surface area contributed by atoms with Crippen LogP contribution in [0, 0.1) is 13.8 Å². The van der Waals surface area contributed by atoms with Gasteiger partial charge in [-0.2, -0.15) is 13.2 Å². The van der Waals surface area contributed by atoms with Gasteiger partial charge < -0.3 is 5.11 Å². The molecule has 1 nitrogen and oxygen atoms in total. The quantitative estimate of drug-likeness (QED) is 0.809. The van der Waals surface area contributed by atoms with E-state index in [4.69, 9.17) is 5.11 Å². The molecule has 1 aromatic carbocycles. The molecule has 84 valence electrons. The predicted octanol–water partition coefficient (Wildman–Crippen LogP) is 2.77. The highest BCUT2D eigenvalue weighted by Crippen LogP contribution is 2.23. The predicted molar refractivity (Wildman–Crippen MR) is 51.7 cm³/mol. The molecule has 0 saturated heterocycles. The van der Waals surface area contributed by atoms with Crippen LogP contribution in [-0.4, -0.2) is 17.4 Å². The van der Waals surface area contributed by atoms with Crippen molar-refractivity contribution in [2.75, 3.05) is 0 Å². The van der Waals surface area contributed by atoms with Crippen LogP contribution in [0.3, 0.4) is 0 Å². The van der Waals surface area contributed by atoms with E-state index in [2.05, 4.69) is 0 Å². The molecule has 1 aromatic rings. The first kappa shape index (κ1) is 12.0. The fourth-order valence-corrected chi connectivity index (χ4v) is 1.27. The monoisotopic (exact) mass is 218 g/mol. The molecule has 1 rings (SSSR count). The zero-order chi connectivity index (χ0) is 11.6. The largest absolute Gasteiger partial charge is 0.414 e. The first-order valence-electron chi connectivity index (χ1n) is 4.61. The van der Waals surface area contributed by atoms with Crippen LogP contribution in [0.1, 0.15) is 16.7 Å². The third-order valence-electron chi connectivity index (χ3n) is 2.38. The molecular weight excluding hydrogens is 205 g/mol. The zero-order valence-electron chi connectivity index (χ0n) is 8.60. The molecule has 4 heteroatoms. The first-order chi connectivity index (χ1) is 6.80. The van der Waals surface area contributed by atoms with Crippen LogP contribution in [0.5, 0.6) is 0 Å². The van der Waals surface area contributed by atoms with E-state index >= 15 is 0 Å². The van der Waals surface area contributed by atoms with Crippen molar-refractivity contribution in [2.24, 2.45) is 0 Å². The van der Waals surface area contributed by atoms with E-state index in [1.807, 2.05) is 13.8 Å². The summed E-state index contributed by atoms with van der Waals surface area (Å²) in [5, 5.41) is 8.87. The third-order valence-corrected chi connectivity index (χ3v) is 2.38. The van der Waals surface area contributed by atoms with Gasteiger partial charge in [0.25, 0.3) is 0 Å². The summed E-state index contributed by atoms with van der Waals surface area (Å²) in [7, 11) is 0. The Hall–Kier alpha value is -1.03. The van der Waals surface area contributed by atoms with Gasteiger partial charge in [-0.25, -0.2) is 0 Å². The second kappa shape index (κ2) is 4.23. The summed E-state index contributed by atoms with van der Waals surface area (Å²) in [6.45, 7) is 3.72. The van der Waals surface area contributed by atoms with Crippen LogP contribution in [0.4, 0.5) is 13.2 Å². The van der Waals surface area contributed by atoms with Crippen molar-refractivity contribution in [1.29, 1.82) is 0 Å². The number of halogens is 3. The number of rotatable bonds is 2. The van der Waals surface area contributed by atoms with Gasteiger partial charge in [0, 0.05) is 6.42 Å². The molecule has 0 fully saturated rings. The third kappa shape index (κ3) is 3.23. The molecule has 0 unspecified atom stereocenters. The average Bonchev–Trinajstić information content (AvgIpc) is 2.10. The van der Waals surface area contributed by atoms with Gasteiger partial charge in [0.05, 0.1) is 0 Å². The normalized spacial score (nSPS) is 14.0. The summed E-state index contributed by atoms with van der Waals surface area (Å²) in [5.74, 6) is 0. The van der Waals surface area contributed by atoms with Crippen molar-refractivity contribution < 1.29 is 18.3 Å². The van der Waals surface area contributed by atoms with E-state index in [1.165, 1.54) is 0 Å². The highest BCUT2D eigenvalue weighted by atomic mass is 19.4. The maximum atomic E-state index is 12.1. The molecule has 0 amide bonds. The topological polar surface area (TPSA) is 20.2 Å². The molecule has 0 aliphatic rings. The Bertz CT molecular complexity index is 344. The van der Waals surface area contributed by atoms with E-state index in [0.29, 0.717) is 5.56 Å². The average molecular weight is 218 g/mol. The lowest BCUT2D eigenvalue weighted by Gasteiger charge is -2.14. The van der Waals surface area contributed by atoms with Crippen LogP contribution < -0.4 is 0 Å². The smallest absolute Gasteiger partial charge is 0.383 e. The molecule has 1 atom stereocenters. The number of hydrogen-bond acceptors (Lipinski definition) is 1. The summed E-state index contributed by atoms with van der Waals surface area (Å²) in [6.07, 6.45) is -7.21. The number of benzene rings is 1. The highest BCUT2D eigenvalue weighted by molar-refractivity contribution is 5.30. The lowest BCUT2D eigenvalue weighted by atomic mass is 10.0. The Morgan fingerprint density at radius 2 is 1.80 bits per heavy atom. The maximum absolute atomic E-state index is 12.1. The van der Waals surface area contributed by atoms with Gasteiger partial charge in [-0.05, 0) is 30.5 Å². The fraction of sp³-hybridized carbons (Fsp3) is 0.455. The van der Waals surface area contributed by atoms with Crippen LogP contribution in [0.15, 0.2) is 18.2 Å². The summed E-state index contributed by atoms with van der Waals surface area (Å²) in [6, 6.07) is 5.04. The summed E-state index contributed by atoms with van der Waals surface area (Å²) in [5.41, 5.74) is 2.46. The van der Waals surface area contributed by atoms with E-state index in [-0.39, 0.29) is 6.42 Å². The van der Waals surface area contributed by atoms with Gasteiger partial charge in [0.15, 0.2) is 6.10 Å². The molecule has 0 spiro atoms. The fourth-order valence-electron chi connectivity index (χ4n) is 1.27. The molecule has 0 aliphatic heterocycles. The van der Waals surface area contributed by atoms with Gasteiger partial charge in [0.2, 0.25) is 0 Å². The Labute approximate surface area is 86.5 Å². The molecule has 1 N–H and O–H groups in total. The zero-order valence-corrected chi connectivity index (χ0v) is 8.60. The summed E-state index contributed by atoms with van der Waals surface area (Å²) in [4.78, 5) is 0. The van der Waals surface area contributed by atoms with Crippen molar-refractivity contribution in [2.45, 2.75) is 32.5 Å². The molecule has 0 saturated carbocycles. The Balaban J connectivity index is 2.78. The van der Waals surface area contributed by atoms with Crippen LogP contribution in [0.2, 0.25) is 0 Å². The van der Waals surface area contributed by atoms with Gasteiger partial charge in [-0.3, -0.25) is 0 Å². The van der Waals surface area contributed by atoms with Gasteiger partial charge in [-0.1, -0.05) is 18.2 Å². The number of aryl methyl sites for hydroxylation is 2. The van der Waals surface area contributed by atoms with E-state index < -0.39 is 12.3 Å². The maximum Gasteiger partial charge on any atom is 0.414 e. The lowest BCUT2D eigenvalue weighted by Crippen LogP contribution is -2.30. The van der Waals surface area contributed by atoms with Crippen molar-refractivity contribution in [3.8, 4) is 0 Å². The minimum absolute atomic E-state index is 0.384. The minimum atomic E-state index is -4.54. The molecule has 0 aliphatic carbocycles. The number of aliphatic hydroxyl groups is 1.